The molecule has 1 heterocycles. The van der Waals surface area contributed by atoms with Gasteiger partial charge in [-0.2, -0.15) is 0 Å². The zero-order valence-electron chi connectivity index (χ0n) is 13.0. The first-order chi connectivity index (χ1) is 10.3. The highest BCUT2D eigenvalue weighted by Crippen LogP contribution is 2.64. The van der Waals surface area contributed by atoms with Gasteiger partial charge >= 0.3 is 0 Å². The summed E-state index contributed by atoms with van der Waals surface area (Å²) in [6.45, 7) is 4.33. The quantitative estimate of drug-likeness (QED) is 0.898. The van der Waals surface area contributed by atoms with Crippen LogP contribution in [0.15, 0.2) is 24.5 Å². The van der Waals surface area contributed by atoms with Crippen LogP contribution < -0.4 is 4.72 Å². The Hall–Kier alpha value is -1.27. The molecule has 0 unspecified atom stereocenters. The summed E-state index contributed by atoms with van der Waals surface area (Å²) >= 11 is 0. The van der Waals surface area contributed by atoms with E-state index in [0.29, 0.717) is 18.8 Å². The Bertz CT molecular complexity index is 685. The third kappa shape index (κ3) is 2.38. The predicted molar refractivity (Wildman–Crippen MR) is 83.4 cm³/mol. The molecule has 22 heavy (non-hydrogen) atoms. The van der Waals surface area contributed by atoms with Crippen LogP contribution in [0.5, 0.6) is 0 Å². The summed E-state index contributed by atoms with van der Waals surface area (Å²) in [7, 11) is -3.50. The van der Waals surface area contributed by atoms with Crippen LogP contribution in [0.4, 0.5) is 0 Å². The first-order valence-electron chi connectivity index (χ1n) is 7.66. The number of pyridine rings is 1. The minimum absolute atomic E-state index is 0.0899. The van der Waals surface area contributed by atoms with Crippen molar-refractivity contribution in [2.45, 2.75) is 39.7 Å². The zero-order chi connectivity index (χ0) is 16.0. The van der Waals surface area contributed by atoms with Crippen molar-refractivity contribution in [3.8, 4) is 0 Å². The van der Waals surface area contributed by atoms with Gasteiger partial charge < -0.3 is 0 Å². The normalized spacial score (nSPS) is 29.9. The molecule has 2 saturated carbocycles. The molecular formula is C16H22N2O3S. The van der Waals surface area contributed by atoms with Gasteiger partial charge in [0.1, 0.15) is 5.78 Å². The molecule has 5 nitrogen and oxygen atoms in total. The summed E-state index contributed by atoms with van der Waals surface area (Å²) in [6, 6.07) is 3.55. The van der Waals surface area contributed by atoms with Gasteiger partial charge in [-0.1, -0.05) is 13.8 Å². The molecule has 2 aliphatic rings. The van der Waals surface area contributed by atoms with Crippen molar-refractivity contribution >= 4 is 15.8 Å². The highest BCUT2D eigenvalue weighted by Gasteiger charge is 2.65. The summed E-state index contributed by atoms with van der Waals surface area (Å²) in [6.07, 6.45) is 5.45. The lowest BCUT2D eigenvalue weighted by Crippen LogP contribution is -2.45. The molecule has 3 rings (SSSR count). The molecule has 2 atom stereocenters. The Morgan fingerprint density at radius 3 is 2.55 bits per heavy atom. The zero-order valence-corrected chi connectivity index (χ0v) is 13.8. The number of carbonyl (C=O) groups is 1. The maximum absolute atomic E-state index is 12.5. The van der Waals surface area contributed by atoms with Crippen molar-refractivity contribution < 1.29 is 13.2 Å². The highest BCUT2D eigenvalue weighted by molar-refractivity contribution is 7.89. The fourth-order valence-electron chi connectivity index (χ4n) is 4.18. The fourth-order valence-corrected chi connectivity index (χ4v) is 5.99. The van der Waals surface area contributed by atoms with E-state index in [9.17, 15) is 13.2 Å². The molecule has 6 heteroatoms. The maximum atomic E-state index is 12.5. The number of sulfonamides is 1. The maximum Gasteiger partial charge on any atom is 0.212 e. The van der Waals surface area contributed by atoms with E-state index < -0.39 is 15.4 Å². The van der Waals surface area contributed by atoms with Gasteiger partial charge in [-0.3, -0.25) is 9.78 Å². The van der Waals surface area contributed by atoms with Gasteiger partial charge in [-0.15, -0.1) is 0 Å². The Morgan fingerprint density at radius 1 is 1.32 bits per heavy atom. The van der Waals surface area contributed by atoms with Crippen LogP contribution in [0.3, 0.4) is 0 Å². The molecule has 0 aromatic carbocycles. The number of fused-ring (bicyclic) bond motifs is 2. The number of nitrogens with zero attached hydrogens (tertiary/aromatic N) is 1. The summed E-state index contributed by atoms with van der Waals surface area (Å²) in [5.74, 6) is 0.367. The molecule has 1 aromatic rings. The molecule has 0 radical (unpaired) electrons. The number of hydrogen-bond donors (Lipinski definition) is 1. The van der Waals surface area contributed by atoms with E-state index in [0.717, 1.165) is 12.0 Å². The van der Waals surface area contributed by atoms with E-state index in [1.54, 1.807) is 24.5 Å². The molecule has 2 fully saturated rings. The van der Waals surface area contributed by atoms with E-state index in [2.05, 4.69) is 9.71 Å². The monoisotopic (exact) mass is 322 g/mol. The van der Waals surface area contributed by atoms with Crippen LogP contribution in [0.1, 0.15) is 38.7 Å². The van der Waals surface area contributed by atoms with Crippen molar-refractivity contribution in [1.29, 1.82) is 0 Å². The molecule has 0 aliphatic heterocycles. The topological polar surface area (TPSA) is 76.1 Å². The minimum Gasteiger partial charge on any atom is -0.299 e. The smallest absolute Gasteiger partial charge is 0.212 e. The second-order valence-corrected chi connectivity index (χ2v) is 8.91. The number of rotatable bonds is 5. The first-order valence-corrected chi connectivity index (χ1v) is 9.32. The molecule has 120 valence electrons. The average Bonchev–Trinajstić information content (AvgIpc) is 2.80. The highest BCUT2D eigenvalue weighted by atomic mass is 32.2. The van der Waals surface area contributed by atoms with Crippen molar-refractivity contribution in [3.05, 3.63) is 30.1 Å². The Morgan fingerprint density at radius 2 is 2.00 bits per heavy atom. The molecular weight excluding hydrogens is 300 g/mol. The summed E-state index contributed by atoms with van der Waals surface area (Å²) in [5, 5.41) is 0. The predicted octanol–water partition coefficient (Wildman–Crippen LogP) is 1.90. The fraction of sp³-hybridized carbons (Fsp3) is 0.625. The molecule has 0 amide bonds. The minimum atomic E-state index is -3.50. The summed E-state index contributed by atoms with van der Waals surface area (Å²) in [5.41, 5.74) is -0.0746. The van der Waals surface area contributed by atoms with Crippen molar-refractivity contribution in [1.82, 2.24) is 9.71 Å². The van der Waals surface area contributed by atoms with Gasteiger partial charge in [0.25, 0.3) is 0 Å². The SMILES string of the molecule is CC1(C)[C@@H]2CC[C@@]1(CS(=O)(=O)NCc1ccncc1)C(=O)C2. The Kier molecular flexibility index (Phi) is 3.64. The summed E-state index contributed by atoms with van der Waals surface area (Å²) < 4.78 is 27.6. The molecule has 1 aromatic heterocycles. The second kappa shape index (κ2) is 5.13. The summed E-state index contributed by atoms with van der Waals surface area (Å²) in [4.78, 5) is 16.3. The lowest BCUT2D eigenvalue weighted by atomic mass is 9.70. The van der Waals surface area contributed by atoms with Crippen LogP contribution in [0.25, 0.3) is 0 Å². The van der Waals surface area contributed by atoms with Gasteiger partial charge in [0.2, 0.25) is 10.0 Å². The van der Waals surface area contributed by atoms with Crippen LogP contribution in [0.2, 0.25) is 0 Å². The number of aromatic nitrogens is 1. The van der Waals surface area contributed by atoms with E-state index in [-0.39, 0.29) is 23.5 Å². The van der Waals surface area contributed by atoms with E-state index in [1.807, 2.05) is 13.8 Å². The largest absolute Gasteiger partial charge is 0.299 e. The number of carbonyl (C=O) groups excluding carboxylic acids is 1. The van der Waals surface area contributed by atoms with E-state index in [4.69, 9.17) is 0 Å². The van der Waals surface area contributed by atoms with E-state index in [1.165, 1.54) is 0 Å². The molecule has 0 saturated heterocycles. The third-order valence-electron chi connectivity index (χ3n) is 5.82. The van der Waals surface area contributed by atoms with Gasteiger partial charge in [0, 0.05) is 30.8 Å². The van der Waals surface area contributed by atoms with Gasteiger partial charge in [0.05, 0.1) is 5.75 Å². The number of Topliss-reactive ketones (excluding diaryl/α,β-unsaturated/α-hetero) is 1. The molecule has 0 spiro atoms. The second-order valence-electron chi connectivity index (χ2n) is 7.10. The van der Waals surface area contributed by atoms with Crippen molar-refractivity contribution in [2.75, 3.05) is 5.75 Å². The number of nitrogens with one attached hydrogen (secondary N) is 1. The molecule has 1 N–H and O–H groups in total. The number of hydrogen-bond acceptors (Lipinski definition) is 4. The molecule has 2 aliphatic carbocycles. The van der Waals surface area contributed by atoms with Crippen molar-refractivity contribution in [3.63, 3.8) is 0 Å². The Labute approximate surface area is 131 Å². The van der Waals surface area contributed by atoms with Crippen LogP contribution >= 0.6 is 0 Å². The first kappa shape index (κ1) is 15.6. The lowest BCUT2D eigenvalue weighted by Gasteiger charge is -2.36. The molecule has 2 bridgehead atoms. The van der Waals surface area contributed by atoms with Crippen LogP contribution in [0, 0.1) is 16.7 Å². The average molecular weight is 322 g/mol. The van der Waals surface area contributed by atoms with Gasteiger partial charge in [-0.25, -0.2) is 13.1 Å². The third-order valence-corrected chi connectivity index (χ3v) is 7.28. The van der Waals surface area contributed by atoms with E-state index >= 15 is 0 Å². The van der Waals surface area contributed by atoms with Gasteiger partial charge in [-0.05, 0) is 41.9 Å². The Balaban J connectivity index is 1.75. The van der Waals surface area contributed by atoms with Crippen LogP contribution in [-0.4, -0.2) is 24.9 Å². The van der Waals surface area contributed by atoms with Gasteiger partial charge in [0.15, 0.2) is 0 Å². The van der Waals surface area contributed by atoms with Crippen LogP contribution in [-0.2, 0) is 21.4 Å². The standard InChI is InChI=1S/C16H22N2O3S/c1-15(2)13-3-6-16(15,14(19)9-13)11-22(20,21)18-10-12-4-7-17-8-5-12/h4-5,7-8,13,18H,3,6,9-11H2,1-2H3/t13-,16-/m1/s1. The van der Waals surface area contributed by atoms with Crippen molar-refractivity contribution in [2.24, 2.45) is 16.7 Å². The number of ketones is 1. The lowest BCUT2D eigenvalue weighted by molar-refractivity contribution is -0.128.